The van der Waals surface area contributed by atoms with Crippen molar-refractivity contribution in [1.82, 2.24) is 5.32 Å². The Kier molecular flexibility index (Phi) is 2.34. The lowest BCUT2D eigenvalue weighted by molar-refractivity contribution is 0.0369. The minimum absolute atomic E-state index is 0.0697. The molecule has 3 rings (SSSR count). The molecule has 2 unspecified atom stereocenters. The third-order valence-electron chi connectivity index (χ3n) is 3.72. The van der Waals surface area contributed by atoms with E-state index in [1.807, 2.05) is 6.08 Å². The van der Waals surface area contributed by atoms with Crippen molar-refractivity contribution in [2.24, 2.45) is 0 Å². The molecule has 16 heavy (non-hydrogen) atoms. The van der Waals surface area contributed by atoms with Crippen LogP contribution in [0.1, 0.15) is 36.4 Å². The summed E-state index contributed by atoms with van der Waals surface area (Å²) in [6, 6.07) is 8.44. The van der Waals surface area contributed by atoms with Gasteiger partial charge in [-0.2, -0.15) is 0 Å². The van der Waals surface area contributed by atoms with Crippen LogP contribution in [0.3, 0.4) is 0 Å². The Balaban J connectivity index is 1.98. The largest absolute Gasteiger partial charge is 0.384 e. The highest BCUT2D eigenvalue weighted by molar-refractivity contribution is 5.37. The molecule has 1 aromatic carbocycles. The van der Waals surface area contributed by atoms with Crippen molar-refractivity contribution in [2.75, 3.05) is 0 Å². The quantitative estimate of drug-likeness (QED) is 0.704. The van der Waals surface area contributed by atoms with Crippen LogP contribution >= 0.6 is 0 Å². The molecule has 2 N–H and O–H groups in total. The van der Waals surface area contributed by atoms with Crippen molar-refractivity contribution in [3.8, 4) is 0 Å². The van der Waals surface area contributed by atoms with E-state index in [0.717, 1.165) is 25.8 Å². The highest BCUT2D eigenvalue weighted by atomic mass is 16.3. The lowest BCUT2D eigenvalue weighted by Crippen LogP contribution is -2.40. The molecule has 2 nitrogen and oxygen atoms in total. The van der Waals surface area contributed by atoms with Gasteiger partial charge in [0.25, 0.3) is 0 Å². The number of aliphatic hydroxyl groups is 1. The molecule has 84 valence electrons. The minimum atomic E-state index is -0.690. The summed E-state index contributed by atoms with van der Waals surface area (Å²) in [4.78, 5) is 0. The van der Waals surface area contributed by atoms with Crippen molar-refractivity contribution in [1.29, 1.82) is 0 Å². The molecule has 1 aliphatic carbocycles. The summed E-state index contributed by atoms with van der Waals surface area (Å²) in [5, 5.41) is 14.1. The van der Waals surface area contributed by atoms with Crippen molar-refractivity contribution in [3.05, 3.63) is 47.5 Å². The van der Waals surface area contributed by atoms with E-state index in [-0.39, 0.29) is 6.04 Å². The van der Waals surface area contributed by atoms with Gasteiger partial charge in [0.2, 0.25) is 0 Å². The molecule has 0 saturated heterocycles. The normalized spacial score (nSPS) is 32.7. The first-order valence-corrected chi connectivity index (χ1v) is 6.01. The molecule has 2 atom stereocenters. The molecule has 1 aliphatic heterocycles. The number of hydrogen-bond acceptors (Lipinski definition) is 2. The van der Waals surface area contributed by atoms with Gasteiger partial charge in [-0.25, -0.2) is 0 Å². The number of allylic oxidation sites excluding steroid dienone is 1. The van der Waals surface area contributed by atoms with Gasteiger partial charge in [-0.15, -0.1) is 0 Å². The van der Waals surface area contributed by atoms with Crippen LogP contribution in [0.2, 0.25) is 0 Å². The molecule has 1 aromatic rings. The van der Waals surface area contributed by atoms with Crippen molar-refractivity contribution in [3.63, 3.8) is 0 Å². The Hall–Kier alpha value is -1.12. The van der Waals surface area contributed by atoms with Crippen LogP contribution < -0.4 is 5.32 Å². The molecule has 0 spiro atoms. The van der Waals surface area contributed by atoms with E-state index in [1.54, 1.807) is 0 Å². The maximum Gasteiger partial charge on any atom is 0.102 e. The Morgan fingerprint density at radius 2 is 2.19 bits per heavy atom. The first-order chi connectivity index (χ1) is 7.80. The topological polar surface area (TPSA) is 32.3 Å². The zero-order valence-corrected chi connectivity index (χ0v) is 9.32. The van der Waals surface area contributed by atoms with Gasteiger partial charge in [-0.1, -0.05) is 36.4 Å². The highest BCUT2D eigenvalue weighted by Crippen LogP contribution is 2.39. The van der Waals surface area contributed by atoms with Crippen LogP contribution in [0.25, 0.3) is 0 Å². The summed E-state index contributed by atoms with van der Waals surface area (Å²) in [5.41, 5.74) is 1.89. The Morgan fingerprint density at radius 1 is 1.31 bits per heavy atom. The Morgan fingerprint density at radius 3 is 3.00 bits per heavy atom. The summed E-state index contributed by atoms with van der Waals surface area (Å²) in [6.45, 7) is 0.872. The van der Waals surface area contributed by atoms with Gasteiger partial charge in [0.05, 0.1) is 6.04 Å². The third kappa shape index (κ3) is 1.49. The number of fused-ring (bicyclic) bond motifs is 1. The molecule has 0 radical (unpaired) electrons. The molecule has 1 heterocycles. The SMILES string of the molecule is OC1(C2NCc3ccccc32)C=CCCC1. The molecule has 0 aromatic heterocycles. The first kappa shape index (κ1) is 10.1. The van der Waals surface area contributed by atoms with Gasteiger partial charge in [-0.05, 0) is 30.4 Å². The van der Waals surface area contributed by atoms with Crippen LogP contribution in [-0.4, -0.2) is 10.7 Å². The van der Waals surface area contributed by atoms with Crippen LogP contribution in [0, 0.1) is 0 Å². The van der Waals surface area contributed by atoms with Crippen LogP contribution in [0.15, 0.2) is 36.4 Å². The van der Waals surface area contributed by atoms with Gasteiger partial charge in [-0.3, -0.25) is 0 Å². The lowest BCUT2D eigenvalue weighted by atomic mass is 9.82. The summed E-state index contributed by atoms with van der Waals surface area (Å²) >= 11 is 0. The maximum atomic E-state index is 10.7. The van der Waals surface area contributed by atoms with Crippen molar-refractivity contribution < 1.29 is 5.11 Å². The smallest absolute Gasteiger partial charge is 0.102 e. The van der Waals surface area contributed by atoms with Crippen LogP contribution in [0.5, 0.6) is 0 Å². The summed E-state index contributed by atoms with van der Waals surface area (Å²) in [6.07, 6.45) is 7.11. The van der Waals surface area contributed by atoms with E-state index in [0.29, 0.717) is 0 Å². The summed E-state index contributed by atoms with van der Waals surface area (Å²) in [5.74, 6) is 0. The highest BCUT2D eigenvalue weighted by Gasteiger charge is 2.39. The van der Waals surface area contributed by atoms with E-state index in [9.17, 15) is 5.11 Å². The van der Waals surface area contributed by atoms with Gasteiger partial charge < -0.3 is 10.4 Å². The average Bonchev–Trinajstić information content (AvgIpc) is 2.74. The fraction of sp³-hybridized carbons (Fsp3) is 0.429. The van der Waals surface area contributed by atoms with Crippen LogP contribution in [-0.2, 0) is 6.54 Å². The average molecular weight is 215 g/mol. The van der Waals surface area contributed by atoms with E-state index >= 15 is 0 Å². The van der Waals surface area contributed by atoms with Gasteiger partial charge in [0.15, 0.2) is 0 Å². The number of benzene rings is 1. The molecular formula is C14H17NO. The van der Waals surface area contributed by atoms with E-state index in [2.05, 4.69) is 35.7 Å². The third-order valence-corrected chi connectivity index (χ3v) is 3.72. The molecule has 2 heteroatoms. The standard InChI is InChI=1S/C14H17NO/c16-14(8-4-1-5-9-14)13-12-7-3-2-6-11(12)10-15-13/h2-4,6-8,13,15-16H,1,5,9-10H2. The van der Waals surface area contributed by atoms with Gasteiger partial charge >= 0.3 is 0 Å². The zero-order valence-electron chi connectivity index (χ0n) is 9.32. The monoisotopic (exact) mass is 215 g/mol. The molecule has 0 fully saturated rings. The summed E-state index contributed by atoms with van der Waals surface area (Å²) in [7, 11) is 0. The summed E-state index contributed by atoms with van der Waals surface area (Å²) < 4.78 is 0. The van der Waals surface area contributed by atoms with E-state index < -0.39 is 5.60 Å². The Bertz CT molecular complexity index is 426. The first-order valence-electron chi connectivity index (χ1n) is 6.01. The molecule has 0 bridgehead atoms. The zero-order chi connectivity index (χ0) is 11.0. The number of hydrogen-bond donors (Lipinski definition) is 2. The molecule has 2 aliphatic rings. The predicted octanol–water partition coefficient (Wildman–Crippen LogP) is 2.30. The Labute approximate surface area is 96.0 Å². The van der Waals surface area contributed by atoms with Gasteiger partial charge in [0.1, 0.15) is 5.60 Å². The van der Waals surface area contributed by atoms with Crippen LogP contribution in [0.4, 0.5) is 0 Å². The molecule has 0 amide bonds. The van der Waals surface area contributed by atoms with E-state index in [4.69, 9.17) is 0 Å². The fourth-order valence-corrected chi connectivity index (χ4v) is 2.86. The number of rotatable bonds is 1. The van der Waals surface area contributed by atoms with Crippen molar-refractivity contribution in [2.45, 2.75) is 37.5 Å². The second kappa shape index (κ2) is 3.72. The van der Waals surface area contributed by atoms with Gasteiger partial charge in [0, 0.05) is 6.54 Å². The van der Waals surface area contributed by atoms with E-state index in [1.165, 1.54) is 11.1 Å². The number of nitrogens with one attached hydrogen (secondary N) is 1. The predicted molar refractivity (Wildman–Crippen MR) is 64.0 cm³/mol. The molecule has 0 saturated carbocycles. The fourth-order valence-electron chi connectivity index (χ4n) is 2.86. The lowest BCUT2D eigenvalue weighted by Gasteiger charge is -2.34. The second-order valence-corrected chi connectivity index (χ2v) is 4.80. The second-order valence-electron chi connectivity index (χ2n) is 4.80. The van der Waals surface area contributed by atoms with Crippen molar-refractivity contribution >= 4 is 0 Å². The minimum Gasteiger partial charge on any atom is -0.384 e. The maximum absolute atomic E-state index is 10.7. The molecular weight excluding hydrogens is 198 g/mol.